The zero-order valence-electron chi connectivity index (χ0n) is 8.27. The van der Waals surface area contributed by atoms with Crippen LogP contribution in [0.25, 0.3) is 0 Å². The molecule has 0 aliphatic heterocycles. The van der Waals surface area contributed by atoms with Crippen LogP contribution in [-0.4, -0.2) is 39.5 Å². The predicted octanol–water partition coefficient (Wildman–Crippen LogP) is 1.04. The first-order valence-electron chi connectivity index (χ1n) is 4.78. The molecule has 1 N–H and O–H groups in total. The minimum absolute atomic E-state index is 0.803. The molecule has 3 nitrogen and oxygen atoms in total. The Balaban J connectivity index is 2.73. The Labute approximate surface area is 75.4 Å². The molecule has 0 aromatic heterocycles. The molecule has 74 valence electrons. The quantitative estimate of drug-likeness (QED) is 0.531. The minimum Gasteiger partial charge on any atom is -0.382 e. The molecule has 0 saturated carbocycles. The Morgan fingerprint density at radius 3 is 2.42 bits per heavy atom. The van der Waals surface area contributed by atoms with E-state index in [1.165, 1.54) is 0 Å². The van der Waals surface area contributed by atoms with Crippen LogP contribution in [0.3, 0.4) is 0 Å². The Morgan fingerprint density at radius 2 is 1.75 bits per heavy atom. The lowest BCUT2D eigenvalue weighted by Crippen LogP contribution is -2.19. The van der Waals surface area contributed by atoms with E-state index in [0.717, 1.165) is 45.9 Å². The van der Waals surface area contributed by atoms with Crippen LogP contribution in [-0.2, 0) is 9.47 Å². The summed E-state index contributed by atoms with van der Waals surface area (Å²) < 4.78 is 10.5. The van der Waals surface area contributed by atoms with Crippen LogP contribution in [0, 0.1) is 0 Å². The van der Waals surface area contributed by atoms with Crippen LogP contribution in [0.2, 0.25) is 0 Å². The number of hydrogen-bond acceptors (Lipinski definition) is 3. The lowest BCUT2D eigenvalue weighted by molar-refractivity contribution is 0.0892. The van der Waals surface area contributed by atoms with Gasteiger partial charge in [0, 0.05) is 26.4 Å². The lowest BCUT2D eigenvalue weighted by atomic mass is 10.5. The van der Waals surface area contributed by atoms with E-state index < -0.39 is 0 Å². The molecular weight excluding hydrogens is 154 g/mol. The van der Waals surface area contributed by atoms with Gasteiger partial charge >= 0.3 is 0 Å². The van der Waals surface area contributed by atoms with Gasteiger partial charge in [-0.1, -0.05) is 6.92 Å². The van der Waals surface area contributed by atoms with E-state index in [0.29, 0.717) is 0 Å². The molecule has 0 atom stereocenters. The fourth-order valence-corrected chi connectivity index (χ4v) is 0.831. The summed E-state index contributed by atoms with van der Waals surface area (Å²) in [6.07, 6.45) is 1.000. The molecule has 0 radical (unpaired) electrons. The van der Waals surface area contributed by atoms with Crippen LogP contribution >= 0.6 is 0 Å². The van der Waals surface area contributed by atoms with E-state index in [1.807, 2.05) is 6.92 Å². The second kappa shape index (κ2) is 10.9. The molecule has 0 spiro atoms. The van der Waals surface area contributed by atoms with Crippen molar-refractivity contribution in [2.24, 2.45) is 0 Å². The second-order valence-corrected chi connectivity index (χ2v) is 2.52. The number of ether oxygens (including phenoxy) is 2. The predicted molar refractivity (Wildman–Crippen MR) is 50.5 cm³/mol. The normalized spacial score (nSPS) is 10.5. The van der Waals surface area contributed by atoms with Gasteiger partial charge in [0.05, 0.1) is 6.61 Å². The molecule has 0 saturated heterocycles. The average molecular weight is 175 g/mol. The summed E-state index contributed by atoms with van der Waals surface area (Å²) in [6.45, 7) is 9.30. The van der Waals surface area contributed by atoms with Crippen molar-refractivity contribution in [2.75, 3.05) is 39.5 Å². The summed E-state index contributed by atoms with van der Waals surface area (Å²) >= 11 is 0. The largest absolute Gasteiger partial charge is 0.382 e. The zero-order valence-corrected chi connectivity index (χ0v) is 8.27. The van der Waals surface area contributed by atoms with E-state index in [2.05, 4.69) is 12.2 Å². The standard InChI is InChI=1S/C9H21NO2/c1-3-10-6-9-12-8-5-7-11-4-2/h10H,3-9H2,1-2H3. The summed E-state index contributed by atoms with van der Waals surface area (Å²) in [5, 5.41) is 3.19. The number of nitrogens with one attached hydrogen (secondary N) is 1. The van der Waals surface area contributed by atoms with E-state index in [-0.39, 0.29) is 0 Å². The maximum Gasteiger partial charge on any atom is 0.0590 e. The van der Waals surface area contributed by atoms with Gasteiger partial charge in [-0.3, -0.25) is 0 Å². The first-order chi connectivity index (χ1) is 5.91. The molecule has 3 heteroatoms. The number of likely N-dealkylation sites (N-methyl/N-ethyl adjacent to an activating group) is 1. The van der Waals surface area contributed by atoms with Gasteiger partial charge in [-0.05, 0) is 19.9 Å². The Hall–Kier alpha value is -0.120. The second-order valence-electron chi connectivity index (χ2n) is 2.52. The fraction of sp³-hybridized carbons (Fsp3) is 1.00. The topological polar surface area (TPSA) is 30.5 Å². The van der Waals surface area contributed by atoms with Gasteiger partial charge in [-0.15, -0.1) is 0 Å². The molecular formula is C9H21NO2. The van der Waals surface area contributed by atoms with E-state index in [9.17, 15) is 0 Å². The highest BCUT2D eigenvalue weighted by atomic mass is 16.5. The molecule has 0 bridgehead atoms. The van der Waals surface area contributed by atoms with Crippen LogP contribution < -0.4 is 5.32 Å². The van der Waals surface area contributed by atoms with Gasteiger partial charge < -0.3 is 14.8 Å². The van der Waals surface area contributed by atoms with E-state index >= 15 is 0 Å². The summed E-state index contributed by atoms with van der Waals surface area (Å²) in [5.41, 5.74) is 0. The van der Waals surface area contributed by atoms with Gasteiger partial charge in [0.2, 0.25) is 0 Å². The molecule has 0 aromatic carbocycles. The Kier molecular flexibility index (Phi) is 10.8. The molecule has 0 fully saturated rings. The zero-order chi connectivity index (χ0) is 9.07. The van der Waals surface area contributed by atoms with Crippen molar-refractivity contribution >= 4 is 0 Å². The van der Waals surface area contributed by atoms with Gasteiger partial charge in [-0.25, -0.2) is 0 Å². The first kappa shape index (κ1) is 11.9. The molecule has 0 aromatic rings. The Morgan fingerprint density at radius 1 is 1.00 bits per heavy atom. The third-order valence-corrected chi connectivity index (χ3v) is 1.45. The van der Waals surface area contributed by atoms with Crippen molar-refractivity contribution in [3.8, 4) is 0 Å². The van der Waals surface area contributed by atoms with Gasteiger partial charge in [-0.2, -0.15) is 0 Å². The molecule has 0 rings (SSSR count). The van der Waals surface area contributed by atoms with Crippen molar-refractivity contribution in [2.45, 2.75) is 20.3 Å². The lowest BCUT2D eigenvalue weighted by Gasteiger charge is -2.04. The maximum atomic E-state index is 5.34. The van der Waals surface area contributed by atoms with Crippen molar-refractivity contribution in [1.29, 1.82) is 0 Å². The minimum atomic E-state index is 0.803. The summed E-state index contributed by atoms with van der Waals surface area (Å²) in [7, 11) is 0. The van der Waals surface area contributed by atoms with Gasteiger partial charge in [0.25, 0.3) is 0 Å². The summed E-state index contributed by atoms with van der Waals surface area (Å²) in [6, 6.07) is 0. The van der Waals surface area contributed by atoms with Gasteiger partial charge in [0.1, 0.15) is 0 Å². The molecule has 12 heavy (non-hydrogen) atoms. The highest BCUT2D eigenvalue weighted by molar-refractivity contribution is 4.40. The third kappa shape index (κ3) is 9.88. The van der Waals surface area contributed by atoms with Crippen LogP contribution in [0.5, 0.6) is 0 Å². The highest BCUT2D eigenvalue weighted by Gasteiger charge is 1.88. The Bertz CT molecular complexity index is 68.9. The smallest absolute Gasteiger partial charge is 0.0590 e. The van der Waals surface area contributed by atoms with Crippen molar-refractivity contribution < 1.29 is 9.47 Å². The number of rotatable bonds is 9. The fourth-order valence-electron chi connectivity index (χ4n) is 0.831. The summed E-state index contributed by atoms with van der Waals surface area (Å²) in [4.78, 5) is 0. The number of hydrogen-bond donors (Lipinski definition) is 1. The van der Waals surface area contributed by atoms with Crippen LogP contribution in [0.4, 0.5) is 0 Å². The van der Waals surface area contributed by atoms with Crippen LogP contribution in [0.1, 0.15) is 20.3 Å². The van der Waals surface area contributed by atoms with Crippen molar-refractivity contribution in [3.63, 3.8) is 0 Å². The third-order valence-electron chi connectivity index (χ3n) is 1.45. The van der Waals surface area contributed by atoms with Gasteiger partial charge in [0.15, 0.2) is 0 Å². The van der Waals surface area contributed by atoms with Crippen molar-refractivity contribution in [1.82, 2.24) is 5.32 Å². The highest BCUT2D eigenvalue weighted by Crippen LogP contribution is 1.84. The molecule has 0 aliphatic rings. The molecule has 0 heterocycles. The van der Waals surface area contributed by atoms with E-state index in [1.54, 1.807) is 0 Å². The molecule has 0 unspecified atom stereocenters. The molecule has 0 aliphatic carbocycles. The maximum absolute atomic E-state index is 5.34. The van der Waals surface area contributed by atoms with E-state index in [4.69, 9.17) is 9.47 Å². The first-order valence-corrected chi connectivity index (χ1v) is 4.78. The monoisotopic (exact) mass is 175 g/mol. The average Bonchev–Trinajstić information content (AvgIpc) is 2.10. The van der Waals surface area contributed by atoms with Crippen LogP contribution in [0.15, 0.2) is 0 Å². The SMILES string of the molecule is CCNCCOCCCOCC. The molecule has 0 amide bonds. The van der Waals surface area contributed by atoms with Crippen molar-refractivity contribution in [3.05, 3.63) is 0 Å². The summed E-state index contributed by atoms with van der Waals surface area (Å²) in [5.74, 6) is 0.